The summed E-state index contributed by atoms with van der Waals surface area (Å²) in [6.07, 6.45) is 10.7. The number of guanidine groups is 1. The molecular formula is C21H33ClN4O2S. The van der Waals surface area contributed by atoms with E-state index >= 15 is 0 Å². The Morgan fingerprint density at radius 1 is 1.14 bits per heavy atom. The molecular weight excluding hydrogens is 408 g/mol. The summed E-state index contributed by atoms with van der Waals surface area (Å²) >= 11 is 0. The molecule has 29 heavy (non-hydrogen) atoms. The third-order valence-electron chi connectivity index (χ3n) is 5.67. The zero-order chi connectivity index (χ0) is 20.0. The van der Waals surface area contributed by atoms with Crippen molar-refractivity contribution in [3.05, 3.63) is 42.0 Å². The predicted molar refractivity (Wildman–Crippen MR) is 120 cm³/mol. The van der Waals surface area contributed by atoms with Gasteiger partial charge in [0.2, 0.25) is 5.96 Å². The highest BCUT2D eigenvalue weighted by Crippen LogP contribution is 2.28. The number of allylic oxidation sites excluding steroid dienone is 1. The van der Waals surface area contributed by atoms with Crippen LogP contribution < -0.4 is 5.32 Å². The van der Waals surface area contributed by atoms with Gasteiger partial charge < -0.3 is 10.2 Å². The standard InChI is InChI=1S/C21H32N4O2S.ClH/c1-2-3-14-23-15-13-18-9-11-20(12-10-18)28(26,27)25-17-16-24(21(25)22)19-7-5-4-6-8-19;/h2-3,9-12,19,22-23H,4-8,13-17H2,1H3;1H/b3-2+,22-21?;. The smallest absolute Gasteiger partial charge is 0.266 e. The highest BCUT2D eigenvalue weighted by molar-refractivity contribution is 7.89. The number of hydrogen-bond acceptors (Lipinski definition) is 4. The van der Waals surface area contributed by atoms with Gasteiger partial charge in [-0.2, -0.15) is 0 Å². The van der Waals surface area contributed by atoms with Gasteiger partial charge in [-0.15, -0.1) is 12.4 Å². The molecule has 3 rings (SSSR count). The summed E-state index contributed by atoms with van der Waals surface area (Å²) in [5.74, 6) is 0.143. The summed E-state index contributed by atoms with van der Waals surface area (Å²) in [7, 11) is -3.67. The lowest BCUT2D eigenvalue weighted by Crippen LogP contribution is -2.42. The summed E-state index contributed by atoms with van der Waals surface area (Å²) in [6.45, 7) is 4.68. The highest BCUT2D eigenvalue weighted by atomic mass is 35.5. The van der Waals surface area contributed by atoms with E-state index in [4.69, 9.17) is 5.41 Å². The van der Waals surface area contributed by atoms with E-state index in [-0.39, 0.29) is 23.3 Å². The minimum absolute atomic E-state index is 0. The second-order valence-corrected chi connectivity index (χ2v) is 9.42. The molecule has 1 aliphatic heterocycles. The van der Waals surface area contributed by atoms with Crippen molar-refractivity contribution < 1.29 is 8.42 Å². The van der Waals surface area contributed by atoms with Crippen molar-refractivity contribution in [3.63, 3.8) is 0 Å². The average molecular weight is 441 g/mol. The van der Waals surface area contributed by atoms with Crippen molar-refractivity contribution in [1.82, 2.24) is 14.5 Å². The van der Waals surface area contributed by atoms with Crippen LogP contribution in [0.25, 0.3) is 0 Å². The quantitative estimate of drug-likeness (QED) is 0.479. The first-order chi connectivity index (χ1) is 13.5. The lowest BCUT2D eigenvalue weighted by Gasteiger charge is -2.32. The maximum absolute atomic E-state index is 13.1. The molecule has 1 aromatic rings. The van der Waals surface area contributed by atoms with Crippen molar-refractivity contribution in [3.8, 4) is 0 Å². The van der Waals surface area contributed by atoms with Gasteiger partial charge in [-0.1, -0.05) is 43.5 Å². The van der Waals surface area contributed by atoms with Crippen LogP contribution in [0.5, 0.6) is 0 Å². The highest BCUT2D eigenvalue weighted by Gasteiger charge is 2.38. The van der Waals surface area contributed by atoms with E-state index in [1.54, 1.807) is 12.1 Å². The van der Waals surface area contributed by atoms with E-state index in [0.29, 0.717) is 19.1 Å². The van der Waals surface area contributed by atoms with Gasteiger partial charge in [-0.3, -0.25) is 5.41 Å². The van der Waals surface area contributed by atoms with Gasteiger partial charge in [0.25, 0.3) is 10.0 Å². The molecule has 2 fully saturated rings. The molecule has 1 saturated heterocycles. The molecule has 8 heteroatoms. The Labute approximate surface area is 181 Å². The van der Waals surface area contributed by atoms with Crippen LogP contribution in [0, 0.1) is 5.41 Å². The van der Waals surface area contributed by atoms with Crippen molar-refractivity contribution in [2.45, 2.75) is 56.4 Å². The van der Waals surface area contributed by atoms with Gasteiger partial charge in [-0.05, 0) is 50.4 Å². The number of benzene rings is 1. The van der Waals surface area contributed by atoms with Crippen LogP contribution in [0.15, 0.2) is 41.3 Å². The fourth-order valence-electron chi connectivity index (χ4n) is 4.03. The molecule has 2 aliphatic rings. The Bertz CT molecular complexity index is 789. The molecule has 0 radical (unpaired) electrons. The van der Waals surface area contributed by atoms with Crippen LogP contribution in [0.3, 0.4) is 0 Å². The molecule has 1 aromatic carbocycles. The fourth-order valence-corrected chi connectivity index (χ4v) is 5.42. The summed E-state index contributed by atoms with van der Waals surface area (Å²) in [5.41, 5.74) is 1.10. The topological polar surface area (TPSA) is 76.5 Å². The van der Waals surface area contributed by atoms with Crippen LogP contribution in [-0.2, 0) is 16.4 Å². The lowest BCUT2D eigenvalue weighted by atomic mass is 9.94. The molecule has 0 unspecified atom stereocenters. The van der Waals surface area contributed by atoms with Crippen molar-refractivity contribution >= 4 is 28.4 Å². The van der Waals surface area contributed by atoms with Crippen LogP contribution in [0.1, 0.15) is 44.6 Å². The molecule has 6 nitrogen and oxygen atoms in total. The Morgan fingerprint density at radius 2 is 1.83 bits per heavy atom. The first kappa shape index (κ1) is 23.7. The predicted octanol–water partition coefficient (Wildman–Crippen LogP) is 3.39. The third-order valence-corrected chi connectivity index (χ3v) is 7.47. The SMILES string of the molecule is C/C=C/CNCCc1ccc(S(=O)(=O)N2CCN(C3CCCCC3)C2=N)cc1.Cl. The van der Waals surface area contributed by atoms with Crippen molar-refractivity contribution in [2.24, 2.45) is 0 Å². The molecule has 1 saturated carbocycles. The van der Waals surface area contributed by atoms with Gasteiger partial charge in [0.1, 0.15) is 0 Å². The number of rotatable bonds is 8. The maximum atomic E-state index is 13.1. The average Bonchev–Trinajstić information content (AvgIpc) is 3.11. The second kappa shape index (κ2) is 11.0. The summed E-state index contributed by atoms with van der Waals surface area (Å²) in [6, 6.07) is 7.42. The van der Waals surface area contributed by atoms with E-state index in [2.05, 4.69) is 11.4 Å². The minimum Gasteiger partial charge on any atom is -0.337 e. The maximum Gasteiger partial charge on any atom is 0.266 e. The molecule has 162 valence electrons. The fraction of sp³-hybridized carbons (Fsp3) is 0.571. The van der Waals surface area contributed by atoms with Gasteiger partial charge in [0.05, 0.1) is 11.4 Å². The molecule has 0 atom stereocenters. The summed E-state index contributed by atoms with van der Waals surface area (Å²) in [4.78, 5) is 2.26. The van der Waals surface area contributed by atoms with E-state index in [1.807, 2.05) is 30.0 Å². The van der Waals surface area contributed by atoms with Crippen LogP contribution >= 0.6 is 12.4 Å². The Kier molecular flexibility index (Phi) is 8.99. The zero-order valence-electron chi connectivity index (χ0n) is 17.1. The van der Waals surface area contributed by atoms with Gasteiger partial charge in [0.15, 0.2) is 0 Å². The zero-order valence-corrected chi connectivity index (χ0v) is 18.8. The van der Waals surface area contributed by atoms with Gasteiger partial charge >= 0.3 is 0 Å². The summed E-state index contributed by atoms with van der Waals surface area (Å²) < 4.78 is 27.4. The van der Waals surface area contributed by atoms with E-state index < -0.39 is 10.0 Å². The Hall–Kier alpha value is -1.57. The lowest BCUT2D eigenvalue weighted by molar-refractivity contribution is 0.260. The molecule has 0 amide bonds. The van der Waals surface area contributed by atoms with Crippen LogP contribution in [-0.4, -0.2) is 55.8 Å². The number of nitrogens with zero attached hydrogens (tertiary/aromatic N) is 2. The largest absolute Gasteiger partial charge is 0.337 e. The number of halogens is 1. The van der Waals surface area contributed by atoms with Crippen molar-refractivity contribution in [2.75, 3.05) is 26.2 Å². The molecule has 1 aliphatic carbocycles. The third kappa shape index (κ3) is 5.74. The van der Waals surface area contributed by atoms with E-state index in [0.717, 1.165) is 37.9 Å². The molecule has 0 aromatic heterocycles. The Morgan fingerprint density at radius 3 is 2.48 bits per heavy atom. The van der Waals surface area contributed by atoms with Gasteiger partial charge in [0, 0.05) is 19.1 Å². The van der Waals surface area contributed by atoms with Gasteiger partial charge in [-0.25, -0.2) is 12.7 Å². The molecule has 0 spiro atoms. The second-order valence-electron chi connectivity index (χ2n) is 7.55. The van der Waals surface area contributed by atoms with Crippen LogP contribution in [0.4, 0.5) is 0 Å². The molecule has 1 heterocycles. The monoisotopic (exact) mass is 440 g/mol. The molecule has 0 bridgehead atoms. The van der Waals surface area contributed by atoms with E-state index in [1.165, 1.54) is 23.6 Å². The van der Waals surface area contributed by atoms with Crippen molar-refractivity contribution in [1.29, 1.82) is 5.41 Å². The normalized spacial score (nSPS) is 18.4. The first-order valence-corrected chi connectivity index (χ1v) is 11.8. The first-order valence-electron chi connectivity index (χ1n) is 10.3. The summed E-state index contributed by atoms with van der Waals surface area (Å²) in [5, 5.41) is 11.8. The number of sulfonamides is 1. The van der Waals surface area contributed by atoms with E-state index in [9.17, 15) is 8.42 Å². The Balaban J connectivity index is 0.00000300. The number of nitrogens with one attached hydrogen (secondary N) is 2. The number of hydrogen-bond donors (Lipinski definition) is 2. The minimum atomic E-state index is -3.67. The van der Waals surface area contributed by atoms with Crippen LogP contribution in [0.2, 0.25) is 0 Å². The molecule has 2 N–H and O–H groups in total.